The Bertz CT molecular complexity index is 416. The molecule has 0 saturated heterocycles. The van der Waals surface area contributed by atoms with Gasteiger partial charge in [0.2, 0.25) is 0 Å². The molecule has 2 rings (SSSR count). The van der Waals surface area contributed by atoms with Gasteiger partial charge < -0.3 is 19.3 Å². The van der Waals surface area contributed by atoms with Gasteiger partial charge in [0, 0.05) is 0 Å². The summed E-state index contributed by atoms with van der Waals surface area (Å²) in [5.74, 6) is 0. The molecule has 1 aliphatic rings. The van der Waals surface area contributed by atoms with E-state index >= 15 is 0 Å². The van der Waals surface area contributed by atoms with E-state index in [1.165, 1.54) is 0 Å². The number of rotatable bonds is 6. The normalized spacial score (nSPS) is 26.1. The smallest absolute Gasteiger partial charge is 0.177 e. The molecule has 0 fully saturated rings. The SMILES string of the molecule is CC(C)O[C@H]1C=C[C@H](O)[C@@H](COCc2ccccc2)O1. The minimum absolute atomic E-state index is 0.0748. The van der Waals surface area contributed by atoms with Gasteiger partial charge in [0.15, 0.2) is 6.29 Å². The van der Waals surface area contributed by atoms with E-state index < -0.39 is 18.5 Å². The lowest BCUT2D eigenvalue weighted by Crippen LogP contribution is -2.40. The van der Waals surface area contributed by atoms with Crippen molar-refractivity contribution in [3.05, 3.63) is 48.0 Å². The van der Waals surface area contributed by atoms with Crippen LogP contribution in [0.2, 0.25) is 0 Å². The van der Waals surface area contributed by atoms with E-state index in [9.17, 15) is 5.11 Å². The van der Waals surface area contributed by atoms with Crippen LogP contribution in [0, 0.1) is 0 Å². The third-order valence-electron chi connectivity index (χ3n) is 2.96. The fraction of sp³-hybridized carbons (Fsp3) is 0.500. The van der Waals surface area contributed by atoms with Gasteiger partial charge in [-0.2, -0.15) is 0 Å². The minimum atomic E-state index is -0.655. The van der Waals surface area contributed by atoms with E-state index in [-0.39, 0.29) is 6.10 Å². The number of benzene rings is 1. The fourth-order valence-corrected chi connectivity index (χ4v) is 1.98. The van der Waals surface area contributed by atoms with E-state index in [1.54, 1.807) is 12.2 Å². The molecule has 0 radical (unpaired) electrons. The zero-order chi connectivity index (χ0) is 14.4. The first kappa shape index (κ1) is 15.2. The third kappa shape index (κ3) is 4.72. The van der Waals surface area contributed by atoms with Gasteiger partial charge in [-0.15, -0.1) is 0 Å². The van der Waals surface area contributed by atoms with Crippen molar-refractivity contribution in [3.63, 3.8) is 0 Å². The molecule has 1 N–H and O–H groups in total. The van der Waals surface area contributed by atoms with Crippen molar-refractivity contribution in [1.82, 2.24) is 0 Å². The van der Waals surface area contributed by atoms with Gasteiger partial charge in [-0.25, -0.2) is 0 Å². The molecule has 20 heavy (non-hydrogen) atoms. The highest BCUT2D eigenvalue weighted by Crippen LogP contribution is 2.16. The molecule has 1 aliphatic heterocycles. The van der Waals surface area contributed by atoms with Crippen LogP contribution in [0.5, 0.6) is 0 Å². The highest BCUT2D eigenvalue weighted by molar-refractivity contribution is 5.13. The van der Waals surface area contributed by atoms with Crippen molar-refractivity contribution in [1.29, 1.82) is 0 Å². The van der Waals surface area contributed by atoms with E-state index in [1.807, 2.05) is 44.2 Å². The Hall–Kier alpha value is -1.20. The second-order valence-corrected chi connectivity index (χ2v) is 5.10. The molecule has 0 amide bonds. The van der Waals surface area contributed by atoms with Crippen LogP contribution in [0.15, 0.2) is 42.5 Å². The average Bonchev–Trinajstić information content (AvgIpc) is 2.43. The maximum atomic E-state index is 9.87. The van der Waals surface area contributed by atoms with Gasteiger partial charge >= 0.3 is 0 Å². The van der Waals surface area contributed by atoms with Crippen LogP contribution in [-0.2, 0) is 20.8 Å². The van der Waals surface area contributed by atoms with Gasteiger partial charge in [-0.3, -0.25) is 0 Å². The monoisotopic (exact) mass is 278 g/mol. The molecule has 1 aromatic carbocycles. The summed E-state index contributed by atoms with van der Waals surface area (Å²) in [7, 11) is 0. The second-order valence-electron chi connectivity index (χ2n) is 5.10. The molecule has 4 nitrogen and oxygen atoms in total. The van der Waals surface area contributed by atoms with Crippen molar-refractivity contribution in [2.24, 2.45) is 0 Å². The summed E-state index contributed by atoms with van der Waals surface area (Å²) >= 11 is 0. The summed E-state index contributed by atoms with van der Waals surface area (Å²) in [5.41, 5.74) is 1.10. The first-order valence-corrected chi connectivity index (χ1v) is 6.94. The van der Waals surface area contributed by atoms with Crippen LogP contribution in [-0.4, -0.2) is 36.3 Å². The standard InChI is InChI=1S/C16H22O4/c1-12(2)19-16-9-8-14(17)15(20-16)11-18-10-13-6-4-3-5-7-13/h3-9,12,14-17H,10-11H2,1-2H3/t14-,15+,16+/m0/s1. The molecule has 1 aromatic rings. The summed E-state index contributed by atoms with van der Waals surface area (Å²) in [4.78, 5) is 0. The summed E-state index contributed by atoms with van der Waals surface area (Å²) < 4.78 is 16.8. The zero-order valence-electron chi connectivity index (χ0n) is 11.9. The van der Waals surface area contributed by atoms with Gasteiger partial charge in [-0.1, -0.05) is 36.4 Å². The van der Waals surface area contributed by atoms with Crippen LogP contribution < -0.4 is 0 Å². The average molecular weight is 278 g/mol. The van der Waals surface area contributed by atoms with Gasteiger partial charge in [0.05, 0.1) is 19.3 Å². The molecule has 1 heterocycles. The summed E-state index contributed by atoms with van der Waals surface area (Å²) in [5, 5.41) is 9.87. The number of aliphatic hydroxyl groups is 1. The Labute approximate surface area is 120 Å². The highest BCUT2D eigenvalue weighted by atomic mass is 16.7. The van der Waals surface area contributed by atoms with Gasteiger partial charge in [-0.05, 0) is 25.5 Å². The minimum Gasteiger partial charge on any atom is -0.386 e. The largest absolute Gasteiger partial charge is 0.386 e. The van der Waals surface area contributed by atoms with Crippen molar-refractivity contribution in [2.45, 2.75) is 45.1 Å². The van der Waals surface area contributed by atoms with Crippen LogP contribution in [0.1, 0.15) is 19.4 Å². The molecule has 4 heteroatoms. The third-order valence-corrected chi connectivity index (χ3v) is 2.96. The molecular weight excluding hydrogens is 256 g/mol. The summed E-state index contributed by atoms with van der Waals surface area (Å²) in [6.45, 7) is 4.73. The Morgan fingerprint density at radius 1 is 1.20 bits per heavy atom. The topological polar surface area (TPSA) is 47.9 Å². The maximum Gasteiger partial charge on any atom is 0.177 e. The first-order chi connectivity index (χ1) is 9.65. The fourth-order valence-electron chi connectivity index (χ4n) is 1.98. The van der Waals surface area contributed by atoms with Crippen LogP contribution in [0.3, 0.4) is 0 Å². The van der Waals surface area contributed by atoms with E-state index in [0.717, 1.165) is 5.56 Å². The van der Waals surface area contributed by atoms with Crippen LogP contribution in [0.4, 0.5) is 0 Å². The lowest BCUT2D eigenvalue weighted by atomic mass is 10.1. The van der Waals surface area contributed by atoms with Crippen LogP contribution in [0.25, 0.3) is 0 Å². The molecule has 0 spiro atoms. The zero-order valence-corrected chi connectivity index (χ0v) is 11.9. The van der Waals surface area contributed by atoms with Gasteiger partial charge in [0.25, 0.3) is 0 Å². The van der Waals surface area contributed by atoms with Crippen molar-refractivity contribution < 1.29 is 19.3 Å². The Balaban J connectivity index is 1.78. The molecule has 0 bridgehead atoms. The first-order valence-electron chi connectivity index (χ1n) is 6.94. The van der Waals surface area contributed by atoms with Gasteiger partial charge in [0.1, 0.15) is 12.2 Å². The molecule has 0 unspecified atom stereocenters. The quantitative estimate of drug-likeness (QED) is 0.811. The van der Waals surface area contributed by atoms with E-state index in [4.69, 9.17) is 14.2 Å². The molecule has 3 atom stereocenters. The lowest BCUT2D eigenvalue weighted by Gasteiger charge is -2.30. The number of hydrogen-bond acceptors (Lipinski definition) is 4. The predicted octanol–water partition coefficient (Wildman–Crippen LogP) is 2.27. The highest BCUT2D eigenvalue weighted by Gasteiger charge is 2.26. The van der Waals surface area contributed by atoms with E-state index in [0.29, 0.717) is 13.2 Å². The Morgan fingerprint density at radius 2 is 1.95 bits per heavy atom. The second kappa shape index (κ2) is 7.55. The van der Waals surface area contributed by atoms with Crippen molar-refractivity contribution in [2.75, 3.05) is 6.61 Å². The molecule has 110 valence electrons. The van der Waals surface area contributed by atoms with Crippen LogP contribution >= 0.6 is 0 Å². The number of ether oxygens (including phenoxy) is 3. The Morgan fingerprint density at radius 3 is 2.65 bits per heavy atom. The lowest BCUT2D eigenvalue weighted by molar-refractivity contribution is -0.198. The van der Waals surface area contributed by atoms with Crippen molar-refractivity contribution in [3.8, 4) is 0 Å². The molecule has 0 aliphatic carbocycles. The molecular formula is C16H22O4. The maximum absolute atomic E-state index is 9.87. The number of hydrogen-bond donors (Lipinski definition) is 1. The van der Waals surface area contributed by atoms with Crippen molar-refractivity contribution >= 4 is 0 Å². The molecule has 0 aromatic heterocycles. The Kier molecular flexibility index (Phi) is 5.73. The van der Waals surface area contributed by atoms with E-state index in [2.05, 4.69) is 0 Å². The predicted molar refractivity (Wildman–Crippen MR) is 76.1 cm³/mol. The summed E-state index contributed by atoms with van der Waals surface area (Å²) in [6.07, 6.45) is 2.05. The molecule has 0 saturated carbocycles. The number of aliphatic hydroxyl groups excluding tert-OH is 1. The summed E-state index contributed by atoms with van der Waals surface area (Å²) in [6, 6.07) is 9.92.